The zero-order valence-electron chi connectivity index (χ0n) is 12.9. The van der Waals surface area contributed by atoms with E-state index in [1.165, 1.54) is 11.6 Å². The van der Waals surface area contributed by atoms with Crippen LogP contribution in [0, 0.1) is 5.82 Å². The summed E-state index contributed by atoms with van der Waals surface area (Å²) < 4.78 is 13.7. The van der Waals surface area contributed by atoms with Gasteiger partial charge in [0.25, 0.3) is 5.91 Å². The van der Waals surface area contributed by atoms with Crippen LogP contribution < -0.4 is 5.32 Å². The molecule has 1 amide bonds. The van der Waals surface area contributed by atoms with E-state index in [0.717, 1.165) is 10.6 Å². The number of amides is 1. The summed E-state index contributed by atoms with van der Waals surface area (Å²) in [5.74, 6) is 0.0155. The first kappa shape index (κ1) is 16.3. The Kier molecular flexibility index (Phi) is 5.29. The van der Waals surface area contributed by atoms with Crippen LogP contribution in [-0.2, 0) is 5.75 Å². The molecule has 0 fully saturated rings. The van der Waals surface area contributed by atoms with Crippen molar-refractivity contribution in [2.45, 2.75) is 10.6 Å². The number of rotatable bonds is 5. The molecule has 1 N–H and O–H groups in total. The summed E-state index contributed by atoms with van der Waals surface area (Å²) >= 11 is 1.59. The van der Waals surface area contributed by atoms with Crippen molar-refractivity contribution in [2.75, 3.05) is 5.32 Å². The van der Waals surface area contributed by atoms with Gasteiger partial charge in [-0.1, -0.05) is 54.6 Å². The van der Waals surface area contributed by atoms with Gasteiger partial charge in [-0.05, 0) is 29.8 Å². The quantitative estimate of drug-likeness (QED) is 0.634. The Morgan fingerprint density at radius 1 is 0.875 bits per heavy atom. The predicted octanol–water partition coefficient (Wildman–Crippen LogP) is 5.37. The van der Waals surface area contributed by atoms with E-state index >= 15 is 0 Å². The van der Waals surface area contributed by atoms with Crippen molar-refractivity contribution < 1.29 is 9.18 Å². The number of hydrogen-bond acceptors (Lipinski definition) is 2. The molecule has 0 bridgehead atoms. The Bertz CT molecular complexity index is 836. The molecule has 0 atom stereocenters. The van der Waals surface area contributed by atoms with Crippen LogP contribution in [0.15, 0.2) is 83.8 Å². The Morgan fingerprint density at radius 3 is 2.33 bits per heavy atom. The number of nitrogens with one attached hydrogen (secondary N) is 1. The van der Waals surface area contributed by atoms with E-state index in [1.807, 2.05) is 36.4 Å². The van der Waals surface area contributed by atoms with Gasteiger partial charge in [0.1, 0.15) is 5.82 Å². The maximum atomic E-state index is 13.7. The molecular formula is C20H16FNOS. The minimum absolute atomic E-state index is 0.186. The molecule has 0 aromatic heterocycles. The lowest BCUT2D eigenvalue weighted by molar-refractivity contribution is 0.102. The summed E-state index contributed by atoms with van der Waals surface area (Å²) in [6, 6.07) is 23.6. The second-order valence-corrected chi connectivity index (χ2v) is 6.22. The Morgan fingerprint density at radius 2 is 1.54 bits per heavy atom. The molecule has 3 aromatic rings. The van der Waals surface area contributed by atoms with Crippen LogP contribution in [0.5, 0.6) is 0 Å². The van der Waals surface area contributed by atoms with Gasteiger partial charge in [0.2, 0.25) is 0 Å². The molecule has 3 aromatic carbocycles. The van der Waals surface area contributed by atoms with Gasteiger partial charge in [0, 0.05) is 10.6 Å². The first-order valence-electron chi connectivity index (χ1n) is 7.55. The van der Waals surface area contributed by atoms with Gasteiger partial charge in [0.15, 0.2) is 0 Å². The Balaban J connectivity index is 1.76. The topological polar surface area (TPSA) is 29.1 Å². The van der Waals surface area contributed by atoms with Crippen molar-refractivity contribution in [1.29, 1.82) is 0 Å². The van der Waals surface area contributed by atoms with Crippen LogP contribution in [0.3, 0.4) is 0 Å². The summed E-state index contributed by atoms with van der Waals surface area (Å²) in [6.07, 6.45) is 0. The fourth-order valence-electron chi connectivity index (χ4n) is 2.27. The normalized spacial score (nSPS) is 10.4. The monoisotopic (exact) mass is 337 g/mol. The van der Waals surface area contributed by atoms with Gasteiger partial charge in [-0.2, -0.15) is 0 Å². The Hall–Kier alpha value is -2.59. The lowest BCUT2D eigenvalue weighted by Gasteiger charge is -2.10. The molecule has 4 heteroatoms. The smallest absolute Gasteiger partial charge is 0.256 e. The summed E-state index contributed by atoms with van der Waals surface area (Å²) in [7, 11) is 0. The van der Waals surface area contributed by atoms with Crippen LogP contribution in [-0.4, -0.2) is 5.91 Å². The molecule has 0 spiro atoms. The van der Waals surface area contributed by atoms with Crippen molar-refractivity contribution in [3.05, 3.63) is 95.8 Å². The minimum Gasteiger partial charge on any atom is -0.319 e. The molecule has 2 nitrogen and oxygen atoms in total. The lowest BCUT2D eigenvalue weighted by Crippen LogP contribution is -2.14. The van der Waals surface area contributed by atoms with Gasteiger partial charge < -0.3 is 5.32 Å². The number of anilines is 1. The maximum absolute atomic E-state index is 13.7. The zero-order valence-corrected chi connectivity index (χ0v) is 13.7. The van der Waals surface area contributed by atoms with E-state index in [9.17, 15) is 9.18 Å². The standard InChI is InChI=1S/C20H16FNOS/c21-17-11-5-6-12-18(17)22-20(23)16-10-4-7-13-19(16)24-14-15-8-2-1-3-9-15/h1-13H,14H2,(H,22,23). The second kappa shape index (κ2) is 7.79. The van der Waals surface area contributed by atoms with Crippen molar-refractivity contribution in [3.8, 4) is 0 Å². The molecule has 24 heavy (non-hydrogen) atoms. The highest BCUT2D eigenvalue weighted by molar-refractivity contribution is 7.98. The summed E-state index contributed by atoms with van der Waals surface area (Å²) in [4.78, 5) is 13.4. The molecule has 0 aliphatic rings. The number of carbonyl (C=O) groups excluding carboxylic acids is 1. The Labute approximate surface area is 144 Å². The summed E-state index contributed by atoms with van der Waals surface area (Å²) in [5, 5.41) is 2.64. The van der Waals surface area contributed by atoms with Crippen LogP contribution in [0.25, 0.3) is 0 Å². The number of carbonyl (C=O) groups is 1. The number of para-hydroxylation sites is 1. The van der Waals surface area contributed by atoms with Crippen molar-refractivity contribution >= 4 is 23.4 Å². The van der Waals surface area contributed by atoms with Crippen molar-refractivity contribution in [2.24, 2.45) is 0 Å². The van der Waals surface area contributed by atoms with Gasteiger partial charge in [-0.3, -0.25) is 4.79 Å². The van der Waals surface area contributed by atoms with Gasteiger partial charge >= 0.3 is 0 Å². The number of thioether (sulfide) groups is 1. The van der Waals surface area contributed by atoms with E-state index in [-0.39, 0.29) is 11.6 Å². The van der Waals surface area contributed by atoms with Crippen molar-refractivity contribution in [1.82, 2.24) is 0 Å². The van der Waals surface area contributed by atoms with E-state index in [0.29, 0.717) is 5.56 Å². The molecular weight excluding hydrogens is 321 g/mol. The average molecular weight is 337 g/mol. The van der Waals surface area contributed by atoms with Crippen LogP contribution in [0.2, 0.25) is 0 Å². The van der Waals surface area contributed by atoms with E-state index < -0.39 is 5.82 Å². The fourth-order valence-corrected chi connectivity index (χ4v) is 3.27. The molecule has 0 aliphatic carbocycles. The van der Waals surface area contributed by atoms with Crippen LogP contribution >= 0.6 is 11.8 Å². The highest BCUT2D eigenvalue weighted by Gasteiger charge is 2.13. The third-order valence-electron chi connectivity index (χ3n) is 3.49. The average Bonchev–Trinajstić information content (AvgIpc) is 2.63. The molecule has 0 saturated heterocycles. The van der Waals surface area contributed by atoms with Gasteiger partial charge in [-0.15, -0.1) is 11.8 Å². The fraction of sp³-hybridized carbons (Fsp3) is 0.0500. The third kappa shape index (κ3) is 4.03. The molecule has 3 rings (SSSR count). The number of halogens is 1. The molecule has 0 radical (unpaired) electrons. The van der Waals surface area contributed by atoms with Crippen LogP contribution in [0.4, 0.5) is 10.1 Å². The summed E-state index contributed by atoms with van der Waals surface area (Å²) in [6.45, 7) is 0. The second-order valence-electron chi connectivity index (χ2n) is 5.20. The molecule has 0 saturated carbocycles. The van der Waals surface area contributed by atoms with Gasteiger partial charge in [-0.25, -0.2) is 4.39 Å². The van der Waals surface area contributed by atoms with E-state index in [2.05, 4.69) is 17.4 Å². The molecule has 0 heterocycles. The van der Waals surface area contributed by atoms with E-state index in [4.69, 9.17) is 0 Å². The third-order valence-corrected chi connectivity index (χ3v) is 4.64. The zero-order chi connectivity index (χ0) is 16.8. The molecule has 0 aliphatic heterocycles. The highest BCUT2D eigenvalue weighted by Crippen LogP contribution is 2.27. The largest absolute Gasteiger partial charge is 0.319 e. The molecule has 120 valence electrons. The van der Waals surface area contributed by atoms with Crippen LogP contribution in [0.1, 0.15) is 15.9 Å². The highest BCUT2D eigenvalue weighted by atomic mass is 32.2. The predicted molar refractivity (Wildman–Crippen MR) is 96.8 cm³/mol. The SMILES string of the molecule is O=C(Nc1ccccc1F)c1ccccc1SCc1ccccc1. The molecule has 0 unspecified atom stereocenters. The first-order chi connectivity index (χ1) is 11.7. The first-order valence-corrected chi connectivity index (χ1v) is 8.54. The lowest BCUT2D eigenvalue weighted by atomic mass is 10.2. The minimum atomic E-state index is -0.444. The number of benzene rings is 3. The summed E-state index contributed by atoms with van der Waals surface area (Å²) in [5.41, 5.74) is 1.92. The van der Waals surface area contributed by atoms with Crippen molar-refractivity contribution in [3.63, 3.8) is 0 Å². The van der Waals surface area contributed by atoms with Gasteiger partial charge in [0.05, 0.1) is 11.3 Å². The van der Waals surface area contributed by atoms with E-state index in [1.54, 1.807) is 36.0 Å². The maximum Gasteiger partial charge on any atom is 0.256 e. The number of hydrogen-bond donors (Lipinski definition) is 1.